The van der Waals surface area contributed by atoms with Gasteiger partial charge >= 0.3 is 0 Å². The van der Waals surface area contributed by atoms with Crippen molar-refractivity contribution in [2.45, 2.75) is 11.8 Å². The molecule has 0 aliphatic heterocycles. The van der Waals surface area contributed by atoms with Gasteiger partial charge < -0.3 is 9.80 Å². The molecule has 0 unspecified atom stereocenters. The van der Waals surface area contributed by atoms with Gasteiger partial charge in [0.05, 0.1) is 4.90 Å². The van der Waals surface area contributed by atoms with Gasteiger partial charge in [-0.15, -0.1) is 0 Å². The van der Waals surface area contributed by atoms with Crippen LogP contribution in [0.5, 0.6) is 0 Å². The molecule has 0 atom stereocenters. The number of rotatable bonds is 5. The maximum atomic E-state index is 15.2. The highest BCUT2D eigenvalue weighted by Gasteiger charge is 2.28. The predicted molar refractivity (Wildman–Crippen MR) is 122 cm³/mol. The molecule has 0 heterocycles. The van der Waals surface area contributed by atoms with Gasteiger partial charge in [0.1, 0.15) is 0 Å². The summed E-state index contributed by atoms with van der Waals surface area (Å²) in [5.74, 6) is -7.05. The van der Waals surface area contributed by atoms with Gasteiger partial charge in [-0.1, -0.05) is 12.1 Å². The molecule has 0 fully saturated rings. The van der Waals surface area contributed by atoms with E-state index in [1.54, 1.807) is 50.1 Å². The molecule has 33 heavy (non-hydrogen) atoms. The Bertz CT molecular complexity index is 1310. The normalized spacial score (nSPS) is 11.6. The van der Waals surface area contributed by atoms with Gasteiger partial charge in [0.25, 0.3) is 0 Å². The number of nitrogens with zero attached hydrogens (tertiary/aromatic N) is 2. The van der Waals surface area contributed by atoms with Crippen molar-refractivity contribution in [1.29, 1.82) is 0 Å². The van der Waals surface area contributed by atoms with Crippen molar-refractivity contribution in [1.82, 2.24) is 0 Å². The number of nitrogens with two attached hydrogens (primary N) is 1. The SMILES string of the molecule is Cc1c(N(C)C)cc(-c2c(F)c(F)c(F)c(F)c2-c2ccc(S(N)(=O)=O)cc2)cc1N(C)C. The molecular weight excluding hydrogens is 458 g/mol. The molecule has 0 spiro atoms. The average molecular weight is 482 g/mol. The van der Waals surface area contributed by atoms with Crippen molar-refractivity contribution in [2.24, 2.45) is 5.14 Å². The monoisotopic (exact) mass is 481 g/mol. The maximum absolute atomic E-state index is 15.2. The Morgan fingerprint density at radius 2 is 1.09 bits per heavy atom. The Kier molecular flexibility index (Phi) is 6.45. The second-order valence-electron chi connectivity index (χ2n) is 8.00. The van der Waals surface area contributed by atoms with Crippen LogP contribution in [0.1, 0.15) is 5.56 Å². The molecule has 0 saturated heterocycles. The minimum atomic E-state index is -4.05. The second kappa shape index (κ2) is 8.68. The summed E-state index contributed by atoms with van der Waals surface area (Å²) in [5.41, 5.74) is 1.22. The highest BCUT2D eigenvalue weighted by Crippen LogP contribution is 2.42. The predicted octanol–water partition coefficient (Wildman–Crippen LogP) is 4.66. The van der Waals surface area contributed by atoms with E-state index in [0.717, 1.165) is 29.8 Å². The van der Waals surface area contributed by atoms with Gasteiger partial charge in [0.15, 0.2) is 23.3 Å². The molecule has 176 valence electrons. The van der Waals surface area contributed by atoms with E-state index in [2.05, 4.69) is 0 Å². The molecular formula is C23H23F4N3O2S. The molecule has 0 aromatic heterocycles. The van der Waals surface area contributed by atoms with E-state index < -0.39 is 44.4 Å². The molecule has 3 rings (SSSR count). The molecule has 0 aliphatic rings. The molecule has 3 aromatic carbocycles. The number of primary sulfonamides is 1. The van der Waals surface area contributed by atoms with E-state index in [0.29, 0.717) is 11.4 Å². The number of hydrogen-bond acceptors (Lipinski definition) is 4. The Hall–Kier alpha value is -3.11. The van der Waals surface area contributed by atoms with E-state index in [1.165, 1.54) is 0 Å². The first kappa shape index (κ1) is 24.5. The van der Waals surface area contributed by atoms with Crippen LogP contribution in [0.2, 0.25) is 0 Å². The zero-order chi connectivity index (χ0) is 24.8. The third-order valence-corrected chi connectivity index (χ3v) is 6.27. The van der Waals surface area contributed by atoms with Crippen LogP contribution < -0.4 is 14.9 Å². The minimum absolute atomic E-state index is 0.0499. The van der Waals surface area contributed by atoms with Gasteiger partial charge in [-0.3, -0.25) is 0 Å². The van der Waals surface area contributed by atoms with Crippen LogP contribution in [-0.4, -0.2) is 36.6 Å². The molecule has 0 bridgehead atoms. The van der Waals surface area contributed by atoms with Crippen LogP contribution in [0.4, 0.5) is 28.9 Å². The van der Waals surface area contributed by atoms with Crippen LogP contribution in [0.15, 0.2) is 41.3 Å². The number of hydrogen-bond donors (Lipinski definition) is 1. The molecule has 5 nitrogen and oxygen atoms in total. The van der Waals surface area contributed by atoms with Crippen LogP contribution in [0.3, 0.4) is 0 Å². The van der Waals surface area contributed by atoms with E-state index in [-0.39, 0.29) is 16.0 Å². The zero-order valence-corrected chi connectivity index (χ0v) is 19.5. The Morgan fingerprint density at radius 3 is 1.45 bits per heavy atom. The molecule has 0 saturated carbocycles. The van der Waals surface area contributed by atoms with Crippen molar-refractivity contribution in [3.8, 4) is 22.3 Å². The van der Waals surface area contributed by atoms with Crippen molar-refractivity contribution >= 4 is 21.4 Å². The molecule has 0 radical (unpaired) electrons. The second-order valence-corrected chi connectivity index (χ2v) is 9.57. The van der Waals surface area contributed by atoms with Crippen LogP contribution >= 0.6 is 0 Å². The van der Waals surface area contributed by atoms with Gasteiger partial charge in [-0.05, 0) is 47.9 Å². The third-order valence-electron chi connectivity index (χ3n) is 5.34. The first-order chi connectivity index (χ1) is 15.3. The summed E-state index contributed by atoms with van der Waals surface area (Å²) in [6.45, 7) is 1.85. The zero-order valence-electron chi connectivity index (χ0n) is 18.7. The van der Waals surface area contributed by atoms with Crippen LogP contribution in [-0.2, 0) is 10.0 Å². The van der Waals surface area contributed by atoms with Crippen molar-refractivity contribution < 1.29 is 26.0 Å². The van der Waals surface area contributed by atoms with Gasteiger partial charge in [-0.25, -0.2) is 31.1 Å². The van der Waals surface area contributed by atoms with Gasteiger partial charge in [0, 0.05) is 50.7 Å². The summed E-state index contributed by atoms with van der Waals surface area (Å²) >= 11 is 0. The fraction of sp³-hybridized carbons (Fsp3) is 0.217. The summed E-state index contributed by atoms with van der Waals surface area (Å²) < 4.78 is 81.9. The first-order valence-corrected chi connectivity index (χ1v) is 11.3. The lowest BCUT2D eigenvalue weighted by molar-refractivity contribution is 0.412. The molecule has 0 amide bonds. The van der Waals surface area contributed by atoms with Gasteiger partial charge in [0.2, 0.25) is 10.0 Å². The summed E-state index contributed by atoms with van der Waals surface area (Å²) in [6.07, 6.45) is 0. The fourth-order valence-corrected chi connectivity index (χ4v) is 4.26. The van der Waals surface area contributed by atoms with E-state index in [1.807, 2.05) is 6.92 Å². The molecule has 10 heteroatoms. The lowest BCUT2D eigenvalue weighted by Gasteiger charge is -2.25. The standard InChI is InChI=1S/C23H23F4N3O2S/c1-12-16(29(2)3)10-14(11-17(12)30(4)5)19-18(20(24)22(26)23(27)21(19)25)13-6-8-15(9-7-13)33(28,31)32/h6-11H,1-5H3,(H2,28,31,32). The maximum Gasteiger partial charge on any atom is 0.238 e. The number of benzene rings is 3. The number of halogens is 4. The molecule has 3 aromatic rings. The fourth-order valence-electron chi connectivity index (χ4n) is 3.74. The quantitative estimate of drug-likeness (QED) is 0.327. The molecule has 0 aliphatic carbocycles. The average Bonchev–Trinajstić information content (AvgIpc) is 2.74. The number of sulfonamides is 1. The van der Waals surface area contributed by atoms with Crippen molar-refractivity contribution in [2.75, 3.05) is 38.0 Å². The summed E-state index contributed by atoms with van der Waals surface area (Å²) in [6, 6.07) is 7.59. The largest absolute Gasteiger partial charge is 0.377 e. The van der Waals surface area contributed by atoms with Crippen LogP contribution in [0.25, 0.3) is 22.3 Å². The first-order valence-electron chi connectivity index (χ1n) is 9.74. The van der Waals surface area contributed by atoms with E-state index in [9.17, 15) is 17.2 Å². The highest BCUT2D eigenvalue weighted by molar-refractivity contribution is 7.89. The summed E-state index contributed by atoms with van der Waals surface area (Å²) in [4.78, 5) is 3.26. The van der Waals surface area contributed by atoms with Crippen molar-refractivity contribution in [3.63, 3.8) is 0 Å². The smallest absolute Gasteiger partial charge is 0.238 e. The highest BCUT2D eigenvalue weighted by atomic mass is 32.2. The lowest BCUT2D eigenvalue weighted by Crippen LogP contribution is -2.16. The van der Waals surface area contributed by atoms with Gasteiger partial charge in [-0.2, -0.15) is 0 Å². The van der Waals surface area contributed by atoms with Crippen molar-refractivity contribution in [3.05, 3.63) is 65.2 Å². The summed E-state index contributed by atoms with van der Waals surface area (Å²) in [5, 5.41) is 5.09. The van der Waals surface area contributed by atoms with E-state index in [4.69, 9.17) is 5.14 Å². The topological polar surface area (TPSA) is 66.6 Å². The minimum Gasteiger partial charge on any atom is -0.377 e. The Labute approximate surface area is 190 Å². The lowest BCUT2D eigenvalue weighted by atomic mass is 9.91. The Balaban J connectivity index is 2.43. The summed E-state index contributed by atoms with van der Waals surface area (Å²) in [7, 11) is 3.01. The number of anilines is 2. The van der Waals surface area contributed by atoms with Crippen LogP contribution in [0, 0.1) is 30.2 Å². The molecule has 2 N–H and O–H groups in total. The van der Waals surface area contributed by atoms with E-state index >= 15 is 8.78 Å². The Morgan fingerprint density at radius 1 is 0.697 bits per heavy atom. The third kappa shape index (κ3) is 4.40.